The van der Waals surface area contributed by atoms with Crippen LogP contribution < -0.4 is 0 Å². The highest BCUT2D eigenvalue weighted by atomic mass is 32.2. The summed E-state index contributed by atoms with van der Waals surface area (Å²) in [6.45, 7) is 8.88. The summed E-state index contributed by atoms with van der Waals surface area (Å²) >= 11 is 0. The van der Waals surface area contributed by atoms with Gasteiger partial charge in [0, 0.05) is 44.1 Å². The molecule has 0 aromatic carbocycles. The highest BCUT2D eigenvalue weighted by Crippen LogP contribution is 2.29. The van der Waals surface area contributed by atoms with Crippen LogP contribution >= 0.6 is 0 Å². The van der Waals surface area contributed by atoms with E-state index in [-0.39, 0.29) is 5.16 Å². The first-order valence-corrected chi connectivity index (χ1v) is 10.3. The summed E-state index contributed by atoms with van der Waals surface area (Å²) in [7, 11) is -3.34. The molecule has 0 N–H and O–H groups in total. The van der Waals surface area contributed by atoms with Crippen LogP contribution in [-0.4, -0.2) is 42.6 Å². The van der Waals surface area contributed by atoms with E-state index >= 15 is 0 Å². The second kappa shape index (κ2) is 6.76. The minimum Gasteiger partial charge on any atom is -0.295 e. The van der Waals surface area contributed by atoms with E-state index in [9.17, 15) is 8.42 Å². The van der Waals surface area contributed by atoms with Crippen LogP contribution in [0.4, 0.5) is 0 Å². The summed E-state index contributed by atoms with van der Waals surface area (Å²) in [6.07, 6.45) is 9.44. The lowest BCUT2D eigenvalue weighted by molar-refractivity contribution is 0.266. The van der Waals surface area contributed by atoms with Crippen molar-refractivity contribution in [2.45, 2.75) is 44.3 Å². The molecule has 0 amide bonds. The van der Waals surface area contributed by atoms with Crippen molar-refractivity contribution in [1.29, 1.82) is 0 Å². The number of sulfone groups is 1. The monoisotopic (exact) mass is 347 g/mol. The molecule has 1 aliphatic carbocycles. The normalized spacial score (nSPS) is 21.9. The minimum atomic E-state index is -3.34. The van der Waals surface area contributed by atoms with Gasteiger partial charge in [-0.15, -0.1) is 0 Å². The summed E-state index contributed by atoms with van der Waals surface area (Å²) in [4.78, 5) is 10.7. The van der Waals surface area contributed by atoms with Gasteiger partial charge in [-0.3, -0.25) is 4.90 Å². The van der Waals surface area contributed by atoms with Crippen molar-refractivity contribution in [3.05, 3.63) is 41.3 Å². The second-order valence-electron chi connectivity index (χ2n) is 7.04. The average Bonchev–Trinajstić information content (AvgIpc) is 2.54. The molecule has 5 nitrogen and oxygen atoms in total. The third kappa shape index (κ3) is 3.92. The number of fused-ring (bicyclic) bond motifs is 1. The molecule has 24 heavy (non-hydrogen) atoms. The highest BCUT2D eigenvalue weighted by Gasteiger charge is 2.22. The molecule has 0 spiro atoms. The largest absolute Gasteiger partial charge is 0.295 e. The smallest absolute Gasteiger partial charge is 0.246 e. The van der Waals surface area contributed by atoms with Crippen LogP contribution in [0.2, 0.25) is 0 Å². The molecule has 1 atom stereocenters. The molecule has 2 heterocycles. The van der Waals surface area contributed by atoms with Gasteiger partial charge in [-0.1, -0.05) is 23.8 Å². The van der Waals surface area contributed by atoms with Crippen molar-refractivity contribution < 1.29 is 8.42 Å². The first-order valence-electron chi connectivity index (χ1n) is 8.43. The number of aromatic nitrogens is 2. The average molecular weight is 347 g/mol. The van der Waals surface area contributed by atoms with Crippen LogP contribution in [0.5, 0.6) is 0 Å². The molecule has 0 saturated heterocycles. The van der Waals surface area contributed by atoms with Crippen LogP contribution in [0.25, 0.3) is 0 Å². The Morgan fingerprint density at radius 1 is 1.42 bits per heavy atom. The third-order valence-electron chi connectivity index (χ3n) is 4.95. The molecular weight excluding hydrogens is 322 g/mol. The standard InChI is InChI=1S/C18H25N3O2S/c1-13(2)15-6-4-14(5-7-15)11-21-9-8-17-16(12-21)10-19-18(20-17)24(3,22)23/h4,10,15H,1,5-9,11-12H2,2-3H3. The van der Waals surface area contributed by atoms with Crippen molar-refractivity contribution in [2.24, 2.45) is 5.92 Å². The Bertz CT molecular complexity index is 783. The van der Waals surface area contributed by atoms with Crippen molar-refractivity contribution in [3.63, 3.8) is 0 Å². The number of allylic oxidation sites excluding steroid dienone is 2. The van der Waals surface area contributed by atoms with Crippen LogP contribution in [0.15, 0.2) is 35.2 Å². The van der Waals surface area contributed by atoms with Crippen molar-refractivity contribution in [1.82, 2.24) is 14.9 Å². The van der Waals surface area contributed by atoms with Crippen LogP contribution in [0.3, 0.4) is 0 Å². The van der Waals surface area contributed by atoms with Gasteiger partial charge in [-0.05, 0) is 32.1 Å². The molecule has 0 fully saturated rings. The van der Waals surface area contributed by atoms with Gasteiger partial charge in [0.25, 0.3) is 0 Å². The summed E-state index contributed by atoms with van der Waals surface area (Å²) in [5.74, 6) is 0.638. The van der Waals surface area contributed by atoms with Crippen molar-refractivity contribution in [3.8, 4) is 0 Å². The second-order valence-corrected chi connectivity index (χ2v) is 8.95. The lowest BCUT2D eigenvalue weighted by atomic mass is 9.85. The maximum Gasteiger partial charge on any atom is 0.246 e. The molecule has 1 aromatic rings. The quantitative estimate of drug-likeness (QED) is 0.619. The fourth-order valence-electron chi connectivity index (χ4n) is 3.44. The molecule has 3 rings (SSSR count). The molecule has 1 unspecified atom stereocenters. The predicted molar refractivity (Wildman–Crippen MR) is 94.4 cm³/mol. The Kier molecular flexibility index (Phi) is 4.88. The maximum absolute atomic E-state index is 11.6. The van der Waals surface area contributed by atoms with E-state index in [1.54, 1.807) is 6.20 Å². The van der Waals surface area contributed by atoms with E-state index in [1.807, 2.05) is 0 Å². The Morgan fingerprint density at radius 3 is 2.83 bits per heavy atom. The van der Waals surface area contributed by atoms with Crippen LogP contribution in [-0.2, 0) is 22.8 Å². The van der Waals surface area contributed by atoms with E-state index in [0.29, 0.717) is 5.92 Å². The van der Waals surface area contributed by atoms with E-state index in [0.717, 1.165) is 56.4 Å². The predicted octanol–water partition coefficient (Wildman–Crippen LogP) is 2.54. The lowest BCUT2D eigenvalue weighted by Gasteiger charge is -2.30. The molecule has 130 valence electrons. The summed E-state index contributed by atoms with van der Waals surface area (Å²) in [5, 5.41) is -0.0597. The van der Waals surface area contributed by atoms with Crippen molar-refractivity contribution in [2.75, 3.05) is 19.3 Å². The van der Waals surface area contributed by atoms with Gasteiger partial charge in [0.2, 0.25) is 15.0 Å². The van der Waals surface area contributed by atoms with Crippen LogP contribution in [0, 0.1) is 5.92 Å². The zero-order valence-corrected chi connectivity index (χ0v) is 15.3. The van der Waals surface area contributed by atoms with E-state index in [1.165, 1.54) is 17.6 Å². The first-order chi connectivity index (χ1) is 11.3. The number of rotatable bonds is 4. The fourth-order valence-corrected chi connectivity index (χ4v) is 3.96. The Hall–Kier alpha value is -1.53. The molecule has 1 aliphatic heterocycles. The van der Waals surface area contributed by atoms with Gasteiger partial charge in [0.05, 0.1) is 5.69 Å². The third-order valence-corrected chi connectivity index (χ3v) is 5.81. The molecule has 0 saturated carbocycles. The van der Waals surface area contributed by atoms with Crippen molar-refractivity contribution >= 4 is 9.84 Å². The van der Waals surface area contributed by atoms with Gasteiger partial charge < -0.3 is 0 Å². The van der Waals surface area contributed by atoms with Gasteiger partial charge in [0.15, 0.2) is 0 Å². The van der Waals surface area contributed by atoms with Crippen LogP contribution in [0.1, 0.15) is 37.4 Å². The fraction of sp³-hybridized carbons (Fsp3) is 0.556. The summed E-state index contributed by atoms with van der Waals surface area (Å²) < 4.78 is 23.1. The Morgan fingerprint density at radius 2 is 2.21 bits per heavy atom. The summed E-state index contributed by atoms with van der Waals surface area (Å²) in [6, 6.07) is 0. The number of nitrogens with zero attached hydrogens (tertiary/aromatic N) is 3. The molecule has 6 heteroatoms. The number of hydrogen-bond donors (Lipinski definition) is 0. The zero-order chi connectivity index (χ0) is 17.3. The van der Waals surface area contributed by atoms with E-state index in [2.05, 4.69) is 34.4 Å². The summed E-state index contributed by atoms with van der Waals surface area (Å²) in [5.41, 5.74) is 4.71. The number of hydrogen-bond acceptors (Lipinski definition) is 5. The molecule has 0 bridgehead atoms. The SMILES string of the molecule is C=C(C)C1CC=C(CN2CCc3nc(S(C)(=O)=O)ncc3C2)CC1. The highest BCUT2D eigenvalue weighted by molar-refractivity contribution is 7.90. The first kappa shape index (κ1) is 17.3. The van der Waals surface area contributed by atoms with Gasteiger partial charge in [-0.25, -0.2) is 18.4 Å². The van der Waals surface area contributed by atoms with Gasteiger partial charge >= 0.3 is 0 Å². The van der Waals surface area contributed by atoms with Gasteiger partial charge in [-0.2, -0.15) is 0 Å². The maximum atomic E-state index is 11.6. The van der Waals surface area contributed by atoms with E-state index in [4.69, 9.17) is 0 Å². The topological polar surface area (TPSA) is 63.2 Å². The minimum absolute atomic E-state index is 0.0597. The zero-order valence-electron chi connectivity index (χ0n) is 14.5. The Balaban J connectivity index is 1.65. The Labute approximate surface area is 144 Å². The molecule has 1 aromatic heterocycles. The van der Waals surface area contributed by atoms with Gasteiger partial charge in [0.1, 0.15) is 0 Å². The molecule has 0 radical (unpaired) electrons. The molecular formula is C18H25N3O2S. The molecule has 2 aliphatic rings. The lowest BCUT2D eigenvalue weighted by Crippen LogP contribution is -2.33. The van der Waals surface area contributed by atoms with E-state index < -0.39 is 9.84 Å².